The lowest BCUT2D eigenvalue weighted by molar-refractivity contribution is -0.284. The van der Waals surface area contributed by atoms with Gasteiger partial charge in [-0.15, -0.1) is 0 Å². The zero-order valence-electron chi connectivity index (χ0n) is 20.8. The topological polar surface area (TPSA) is 88.3 Å². The highest BCUT2D eigenvalue weighted by molar-refractivity contribution is 6.09. The summed E-state index contributed by atoms with van der Waals surface area (Å²) in [7, 11) is 3.38. The molecule has 1 atom stereocenters. The van der Waals surface area contributed by atoms with Crippen molar-refractivity contribution in [1.82, 2.24) is 24.3 Å². The second kappa shape index (κ2) is 8.92. The van der Waals surface area contributed by atoms with Gasteiger partial charge in [0.1, 0.15) is 28.6 Å². The number of hydrogen-bond acceptors (Lipinski definition) is 6. The fourth-order valence-corrected chi connectivity index (χ4v) is 4.53. The fraction of sp³-hybridized carbons (Fsp3) is 0.320. The van der Waals surface area contributed by atoms with Gasteiger partial charge in [-0.25, -0.2) is 24.3 Å². The normalized spacial score (nSPS) is 17.4. The van der Waals surface area contributed by atoms with Gasteiger partial charge in [-0.2, -0.15) is 22.0 Å². The number of halogens is 6. The van der Waals surface area contributed by atoms with E-state index in [9.17, 15) is 31.1 Å². The maximum Gasteiger partial charge on any atom is 0.453 e. The number of nitrogens with zero attached hydrogens (tertiary/aromatic N) is 6. The summed E-state index contributed by atoms with van der Waals surface area (Å²) in [6, 6.07) is 5.47. The third-order valence-corrected chi connectivity index (χ3v) is 6.68. The van der Waals surface area contributed by atoms with Crippen molar-refractivity contribution in [3.05, 3.63) is 65.5 Å². The Bertz CT molecular complexity index is 1580. The number of carbonyl (C=O) groups excluding carboxylic acids is 1. The van der Waals surface area contributed by atoms with Crippen molar-refractivity contribution in [2.45, 2.75) is 37.3 Å². The monoisotopic (exact) mass is 549 g/mol. The van der Waals surface area contributed by atoms with Crippen LogP contribution in [0, 0.1) is 5.82 Å². The van der Waals surface area contributed by atoms with Crippen molar-refractivity contribution in [3.8, 4) is 11.5 Å². The number of rotatable bonds is 6. The van der Waals surface area contributed by atoms with E-state index in [1.165, 1.54) is 47.3 Å². The molecule has 4 heterocycles. The van der Waals surface area contributed by atoms with Crippen molar-refractivity contribution >= 4 is 23.2 Å². The first-order valence-electron chi connectivity index (χ1n) is 11.7. The quantitative estimate of drug-likeness (QED) is 0.349. The standard InChI is InChI=1S/C25H21F6N7O/c1-23(13-4-6-14(26)7-5-13)17-19(36-22(23)39)34-18(35-21(17)37(2)3)16-12-38-11-10-32-20(38)15(33-16)8-9-24(27,28)25(29,30)31/h4-7,10-12H,8-9H2,1-3H3,(H,34,35,36,39). The van der Waals surface area contributed by atoms with Gasteiger partial charge in [0, 0.05) is 39.1 Å². The highest BCUT2D eigenvalue weighted by Crippen LogP contribution is 2.46. The molecule has 1 aliphatic rings. The van der Waals surface area contributed by atoms with Crippen LogP contribution in [0.1, 0.15) is 30.2 Å². The summed E-state index contributed by atoms with van der Waals surface area (Å²) in [6.45, 7) is 1.66. The minimum Gasteiger partial charge on any atom is -0.362 e. The number of anilines is 2. The Labute approximate surface area is 217 Å². The smallest absolute Gasteiger partial charge is 0.362 e. The summed E-state index contributed by atoms with van der Waals surface area (Å²) in [5.41, 5.74) is -0.245. The van der Waals surface area contributed by atoms with E-state index in [1.807, 2.05) is 0 Å². The van der Waals surface area contributed by atoms with Crippen LogP contribution in [0.15, 0.2) is 42.9 Å². The number of aromatic nitrogens is 5. The number of fused-ring (bicyclic) bond motifs is 2. The second-order valence-corrected chi connectivity index (χ2v) is 9.51. The molecule has 1 amide bonds. The average Bonchev–Trinajstić information content (AvgIpc) is 3.44. The van der Waals surface area contributed by atoms with Crippen molar-refractivity contribution in [2.75, 3.05) is 24.3 Å². The number of amides is 1. The molecule has 1 N–H and O–H groups in total. The van der Waals surface area contributed by atoms with Crippen molar-refractivity contribution < 1.29 is 31.1 Å². The molecule has 8 nitrogen and oxygen atoms in total. The molecule has 0 fully saturated rings. The van der Waals surface area contributed by atoms with Gasteiger partial charge in [0.25, 0.3) is 0 Å². The van der Waals surface area contributed by atoms with Crippen LogP contribution in [0.5, 0.6) is 0 Å². The predicted molar refractivity (Wildman–Crippen MR) is 129 cm³/mol. The number of benzene rings is 1. The number of imidazole rings is 1. The highest BCUT2D eigenvalue weighted by Gasteiger charge is 2.56. The largest absolute Gasteiger partial charge is 0.453 e. The summed E-state index contributed by atoms with van der Waals surface area (Å²) in [5, 5.41) is 2.73. The first-order valence-corrected chi connectivity index (χ1v) is 11.7. The van der Waals surface area contributed by atoms with Crippen molar-refractivity contribution in [2.24, 2.45) is 0 Å². The molecule has 5 rings (SSSR count). The van der Waals surface area contributed by atoms with Crippen LogP contribution in [-0.4, -0.2) is 56.4 Å². The summed E-state index contributed by atoms with van der Waals surface area (Å²) in [4.78, 5) is 32.3. The van der Waals surface area contributed by atoms with Gasteiger partial charge >= 0.3 is 12.1 Å². The number of hydrogen-bond donors (Lipinski definition) is 1. The number of nitrogens with one attached hydrogen (secondary N) is 1. The second-order valence-electron chi connectivity index (χ2n) is 9.51. The highest BCUT2D eigenvalue weighted by atomic mass is 19.4. The van der Waals surface area contributed by atoms with Gasteiger partial charge in [-0.05, 0) is 31.0 Å². The Kier molecular flexibility index (Phi) is 6.03. The van der Waals surface area contributed by atoms with E-state index in [0.29, 0.717) is 16.9 Å². The van der Waals surface area contributed by atoms with Crippen LogP contribution in [0.25, 0.3) is 17.2 Å². The van der Waals surface area contributed by atoms with Crippen molar-refractivity contribution in [1.29, 1.82) is 0 Å². The molecule has 0 saturated carbocycles. The molecule has 1 unspecified atom stereocenters. The summed E-state index contributed by atoms with van der Waals surface area (Å²) in [5.74, 6) is -5.31. The minimum absolute atomic E-state index is 0.000498. The lowest BCUT2D eigenvalue weighted by Crippen LogP contribution is -2.36. The van der Waals surface area contributed by atoms with Gasteiger partial charge in [0.05, 0.1) is 11.3 Å². The maximum absolute atomic E-state index is 13.7. The number of carbonyl (C=O) groups is 1. The SMILES string of the molecule is CN(C)c1nc(-c2cn3ccnc3c(CCC(F)(F)C(F)(F)F)n2)nc2c1C(C)(c1ccc(F)cc1)C(=O)N2. The third kappa shape index (κ3) is 4.33. The molecule has 204 valence electrons. The summed E-state index contributed by atoms with van der Waals surface area (Å²) < 4.78 is 80.6. The lowest BCUT2D eigenvalue weighted by Gasteiger charge is -2.26. The molecule has 39 heavy (non-hydrogen) atoms. The Morgan fingerprint density at radius 1 is 1.05 bits per heavy atom. The molecular weight excluding hydrogens is 528 g/mol. The molecule has 14 heteroatoms. The Hall–Kier alpha value is -4.23. The van der Waals surface area contributed by atoms with E-state index in [1.54, 1.807) is 25.9 Å². The molecule has 0 radical (unpaired) electrons. The number of alkyl halides is 5. The van der Waals surface area contributed by atoms with Crippen molar-refractivity contribution in [3.63, 3.8) is 0 Å². The van der Waals surface area contributed by atoms with Gasteiger partial charge in [-0.3, -0.25) is 4.79 Å². The first-order chi connectivity index (χ1) is 18.2. The summed E-state index contributed by atoms with van der Waals surface area (Å²) in [6.07, 6.45) is -3.63. The first kappa shape index (κ1) is 26.4. The molecule has 1 aliphatic heterocycles. The molecule has 0 bridgehead atoms. The van der Waals surface area contributed by atoms with Gasteiger partial charge < -0.3 is 14.6 Å². The van der Waals surface area contributed by atoms with Crippen LogP contribution < -0.4 is 10.2 Å². The van der Waals surface area contributed by atoms with E-state index in [4.69, 9.17) is 0 Å². The lowest BCUT2D eigenvalue weighted by atomic mass is 9.77. The molecule has 3 aromatic heterocycles. The third-order valence-electron chi connectivity index (χ3n) is 6.68. The van der Waals surface area contributed by atoms with Crippen LogP contribution in [0.2, 0.25) is 0 Å². The Morgan fingerprint density at radius 2 is 1.74 bits per heavy atom. The van der Waals surface area contributed by atoms with E-state index >= 15 is 0 Å². The van der Waals surface area contributed by atoms with E-state index < -0.39 is 42.1 Å². The Balaban J connectivity index is 1.62. The molecule has 4 aromatic rings. The van der Waals surface area contributed by atoms with Crippen LogP contribution in [0.4, 0.5) is 38.0 Å². The average molecular weight is 549 g/mol. The maximum atomic E-state index is 13.7. The zero-order chi connectivity index (χ0) is 28.3. The van der Waals surface area contributed by atoms with E-state index in [2.05, 4.69) is 25.3 Å². The molecule has 1 aromatic carbocycles. The number of aryl methyl sites for hydroxylation is 1. The minimum atomic E-state index is -5.70. The van der Waals surface area contributed by atoms with Crippen LogP contribution >= 0.6 is 0 Å². The van der Waals surface area contributed by atoms with Crippen LogP contribution in [0.3, 0.4) is 0 Å². The zero-order valence-corrected chi connectivity index (χ0v) is 20.8. The predicted octanol–water partition coefficient (Wildman–Crippen LogP) is 4.78. The summed E-state index contributed by atoms with van der Waals surface area (Å²) >= 11 is 0. The fourth-order valence-electron chi connectivity index (χ4n) is 4.53. The molecule has 0 spiro atoms. The molecule has 0 aliphatic carbocycles. The van der Waals surface area contributed by atoms with E-state index in [-0.39, 0.29) is 28.7 Å². The Morgan fingerprint density at radius 3 is 2.38 bits per heavy atom. The van der Waals surface area contributed by atoms with Gasteiger partial charge in [0.15, 0.2) is 11.5 Å². The van der Waals surface area contributed by atoms with E-state index in [0.717, 1.165) is 0 Å². The van der Waals surface area contributed by atoms with Gasteiger partial charge in [0.2, 0.25) is 5.91 Å². The van der Waals surface area contributed by atoms with Crippen LogP contribution in [-0.2, 0) is 16.6 Å². The molecule has 0 saturated heterocycles. The van der Waals surface area contributed by atoms with Gasteiger partial charge in [-0.1, -0.05) is 12.1 Å². The molecular formula is C25H21F6N7O.